The molecule has 2 aliphatic heterocycles. The van der Waals surface area contributed by atoms with Gasteiger partial charge in [-0.1, -0.05) is 78.4 Å². The minimum atomic E-state index is -3.78. The van der Waals surface area contributed by atoms with Gasteiger partial charge in [-0.3, -0.25) is 4.18 Å². The molecular weight excluding hydrogens is 643 g/mol. The minimum Gasteiger partial charge on any atom is -0.512 e. The molecule has 2 atom stereocenters. The number of carbonyl (C=O) groups excluding carboxylic acids is 2. The Bertz CT molecular complexity index is 1580. The molecule has 0 N–H and O–H groups in total. The van der Waals surface area contributed by atoms with Crippen molar-refractivity contribution < 1.29 is 61.2 Å². The molecule has 48 heavy (non-hydrogen) atoms. The Morgan fingerprint density at radius 3 is 1.73 bits per heavy atom. The van der Waals surface area contributed by atoms with Gasteiger partial charge in [-0.05, 0) is 43.0 Å². The normalized spacial score (nSPS) is 16.5. The van der Waals surface area contributed by atoms with E-state index in [1.54, 1.807) is 21.9 Å². The zero-order valence-corrected chi connectivity index (χ0v) is 30.2. The Hall–Kier alpha value is -3.91. The van der Waals surface area contributed by atoms with Gasteiger partial charge in [0.1, 0.15) is 13.2 Å². The molecule has 0 bridgehead atoms. The maximum absolute atomic E-state index is 12.2. The Labute approximate surface area is 305 Å². The topological polar surface area (TPSA) is 131 Å². The van der Waals surface area contributed by atoms with E-state index in [0.717, 1.165) is 23.1 Å². The molecule has 248 valence electrons. The number of carbonyl (C=O) groups is 2. The summed E-state index contributed by atoms with van der Waals surface area (Å²) in [5, 5.41) is 6.25. The summed E-state index contributed by atoms with van der Waals surface area (Å²) in [6.45, 7) is 16.9. The van der Waals surface area contributed by atoms with Crippen molar-refractivity contribution in [1.82, 2.24) is 9.80 Å². The van der Waals surface area contributed by atoms with Crippen LogP contribution in [0, 0.1) is 37.2 Å². The SMILES string of the molecule is Cc1ccc(S(=O)(=O)OCC2CCN(C(=O)OCc3ccccc3)C2)cc1.[C-]#N.[C-]#[N+]CC1CCN(C(=O)OCc2ccccc2)C1.[Na+]. The van der Waals surface area contributed by atoms with Crippen molar-refractivity contribution in [2.24, 2.45) is 11.8 Å². The van der Waals surface area contributed by atoms with Gasteiger partial charge in [0.2, 0.25) is 6.54 Å². The zero-order valence-electron chi connectivity index (χ0n) is 27.4. The van der Waals surface area contributed by atoms with Gasteiger partial charge in [-0.2, -0.15) is 8.42 Å². The summed E-state index contributed by atoms with van der Waals surface area (Å²) in [6, 6.07) is 25.6. The van der Waals surface area contributed by atoms with Crippen LogP contribution in [0.25, 0.3) is 4.85 Å². The monoisotopic (exact) mass is 682 g/mol. The van der Waals surface area contributed by atoms with Gasteiger partial charge in [0.05, 0.1) is 17.4 Å². The molecule has 0 spiro atoms. The molecule has 0 saturated carbocycles. The van der Waals surface area contributed by atoms with Gasteiger partial charge in [0.15, 0.2) is 0 Å². The molecule has 2 unspecified atom stereocenters. The van der Waals surface area contributed by atoms with Gasteiger partial charge >= 0.3 is 41.7 Å². The summed E-state index contributed by atoms with van der Waals surface area (Å²) in [5.74, 6) is 0.279. The number of amides is 2. The smallest absolute Gasteiger partial charge is 0.512 e. The average molecular weight is 683 g/mol. The number of nitrogens with zero attached hydrogens (tertiary/aromatic N) is 4. The van der Waals surface area contributed by atoms with E-state index in [9.17, 15) is 18.0 Å². The van der Waals surface area contributed by atoms with Crippen molar-refractivity contribution in [1.29, 1.82) is 5.26 Å². The minimum absolute atomic E-state index is 0. The molecule has 2 saturated heterocycles. The van der Waals surface area contributed by atoms with Crippen LogP contribution in [0.3, 0.4) is 0 Å². The average Bonchev–Trinajstić information content (AvgIpc) is 3.78. The molecule has 2 fully saturated rings. The standard InChI is InChI=1S/C20H23NO5S.C14H16N2O2.CN.Na/c1-16-7-9-19(10-8-16)27(23,24)26-15-18-11-12-21(13-18)20(22)25-14-17-5-3-2-4-6-17;1-15-9-13-7-8-16(10-13)14(17)18-11-12-5-3-2-4-6-12;1-2;/h2-10,18H,11-15H2,1H3;2-6,13H,7-11H2;;/q;;-1;+1. The largest absolute Gasteiger partial charge is 1.00 e. The third-order valence-electron chi connectivity index (χ3n) is 7.62. The van der Waals surface area contributed by atoms with Crippen LogP contribution in [-0.4, -0.2) is 69.7 Å². The van der Waals surface area contributed by atoms with Crippen molar-refractivity contribution >= 4 is 22.3 Å². The number of hydrogen-bond acceptors (Lipinski definition) is 8. The summed E-state index contributed by atoms with van der Waals surface area (Å²) in [6.07, 6.45) is 0.932. The van der Waals surface area contributed by atoms with Crippen molar-refractivity contribution in [2.75, 3.05) is 39.3 Å². The van der Waals surface area contributed by atoms with Crippen LogP contribution < -0.4 is 29.6 Å². The molecule has 3 aromatic carbocycles. The summed E-state index contributed by atoms with van der Waals surface area (Å²) in [5.41, 5.74) is 2.89. The van der Waals surface area contributed by atoms with Crippen molar-refractivity contribution in [3.63, 3.8) is 0 Å². The Kier molecular flexibility index (Phi) is 17.7. The molecular formula is C35H39N4NaO7S. The van der Waals surface area contributed by atoms with Crippen LogP contribution in [0.15, 0.2) is 89.8 Å². The van der Waals surface area contributed by atoms with Crippen molar-refractivity contribution in [3.8, 4) is 0 Å². The van der Waals surface area contributed by atoms with E-state index in [1.807, 2.05) is 67.6 Å². The summed E-state index contributed by atoms with van der Waals surface area (Å²) in [4.78, 5) is 30.8. The first-order valence-electron chi connectivity index (χ1n) is 15.2. The number of aryl methyl sites for hydroxylation is 1. The van der Waals surface area contributed by atoms with Crippen LogP contribution in [-0.2, 0) is 37.0 Å². The Morgan fingerprint density at radius 1 is 0.792 bits per heavy atom. The fourth-order valence-corrected chi connectivity index (χ4v) is 5.97. The molecule has 0 radical (unpaired) electrons. The predicted octanol–water partition coefficient (Wildman–Crippen LogP) is 3.02. The molecule has 2 aliphatic rings. The van der Waals surface area contributed by atoms with Crippen LogP contribution in [0.2, 0.25) is 0 Å². The van der Waals surface area contributed by atoms with Gasteiger partial charge < -0.3 is 36.0 Å². The first-order valence-corrected chi connectivity index (χ1v) is 16.6. The van der Waals surface area contributed by atoms with Crippen LogP contribution in [0.4, 0.5) is 9.59 Å². The quantitative estimate of drug-likeness (QED) is 0.191. The third-order valence-corrected chi connectivity index (χ3v) is 8.91. The fourth-order valence-electron chi connectivity index (χ4n) is 4.99. The van der Waals surface area contributed by atoms with Crippen molar-refractivity contribution in [2.45, 2.75) is 37.9 Å². The third kappa shape index (κ3) is 13.3. The van der Waals surface area contributed by atoms with Gasteiger partial charge in [-0.15, -0.1) is 0 Å². The Balaban J connectivity index is 0.000000333. The first-order chi connectivity index (χ1) is 22.7. The number of hydrogen-bond donors (Lipinski definition) is 0. The summed E-state index contributed by atoms with van der Waals surface area (Å²) < 4.78 is 40.2. The molecule has 13 heteroatoms. The Morgan fingerprint density at radius 2 is 1.25 bits per heavy atom. The van der Waals surface area contributed by atoms with E-state index in [4.69, 9.17) is 32.1 Å². The van der Waals surface area contributed by atoms with Gasteiger partial charge in [0.25, 0.3) is 10.1 Å². The maximum atomic E-state index is 12.2. The second kappa shape index (κ2) is 21.1. The van der Waals surface area contributed by atoms with Gasteiger partial charge in [-0.25, -0.2) is 16.2 Å². The van der Waals surface area contributed by atoms with Gasteiger partial charge in [0, 0.05) is 32.1 Å². The molecule has 0 aromatic heterocycles. The first kappa shape index (κ1) is 40.3. The molecule has 5 rings (SSSR count). The molecule has 0 aliphatic carbocycles. The van der Waals surface area contributed by atoms with Crippen molar-refractivity contribution in [3.05, 3.63) is 120 Å². The second-order valence-corrected chi connectivity index (χ2v) is 12.8. The number of benzene rings is 3. The van der Waals surface area contributed by atoms with E-state index < -0.39 is 10.1 Å². The van der Waals surface area contributed by atoms with E-state index >= 15 is 0 Å². The van der Waals surface area contributed by atoms with Crippen LogP contribution >= 0.6 is 0 Å². The van der Waals surface area contributed by atoms with E-state index in [1.165, 1.54) is 12.1 Å². The fraction of sp³-hybridized carbons (Fsp3) is 0.371. The van der Waals surface area contributed by atoms with E-state index in [2.05, 4.69) is 4.85 Å². The second-order valence-electron chi connectivity index (χ2n) is 11.2. The number of rotatable bonds is 9. The summed E-state index contributed by atoms with van der Waals surface area (Å²) in [7, 11) is -3.78. The number of likely N-dealkylation sites (tertiary alicyclic amines) is 2. The predicted molar refractivity (Wildman–Crippen MR) is 173 cm³/mol. The summed E-state index contributed by atoms with van der Waals surface area (Å²) >= 11 is 0. The number of ether oxygens (including phenoxy) is 2. The van der Waals surface area contributed by atoms with Crippen LogP contribution in [0.5, 0.6) is 0 Å². The maximum Gasteiger partial charge on any atom is 1.00 e. The van der Waals surface area contributed by atoms with E-state index in [-0.39, 0.29) is 65.8 Å². The van der Waals surface area contributed by atoms with E-state index in [0.29, 0.717) is 51.7 Å². The molecule has 2 amide bonds. The molecule has 11 nitrogen and oxygen atoms in total. The van der Waals surface area contributed by atoms with Crippen LogP contribution in [0.1, 0.15) is 29.5 Å². The molecule has 2 heterocycles. The molecule has 3 aromatic rings. The zero-order chi connectivity index (χ0) is 34.1.